The van der Waals surface area contributed by atoms with E-state index in [-0.39, 0.29) is 17.8 Å². The largest absolute Gasteiger partial charge is 0.503 e. The molecule has 1 heterocycles. The quantitative estimate of drug-likeness (QED) is 0.158. The Morgan fingerprint density at radius 2 is 1.97 bits per heavy atom. The molecule has 0 N–H and O–H groups in total. The summed E-state index contributed by atoms with van der Waals surface area (Å²) in [6.07, 6.45) is 3.91. The molecule has 0 aliphatic carbocycles. The summed E-state index contributed by atoms with van der Waals surface area (Å²) in [4.78, 5) is 36.9. The Morgan fingerprint density at radius 3 is 2.69 bits per heavy atom. The summed E-state index contributed by atoms with van der Waals surface area (Å²) >= 11 is 0. The van der Waals surface area contributed by atoms with Crippen molar-refractivity contribution in [3.63, 3.8) is 0 Å². The number of carbonyl (C=O) groups is 2. The summed E-state index contributed by atoms with van der Waals surface area (Å²) in [5.41, 5.74) is 1.24. The Labute approximate surface area is 168 Å². The van der Waals surface area contributed by atoms with Gasteiger partial charge in [0.05, 0.1) is 33.3 Å². The van der Waals surface area contributed by atoms with Gasteiger partial charge in [-0.25, -0.2) is 14.6 Å². The van der Waals surface area contributed by atoms with Crippen LogP contribution >= 0.6 is 0 Å². The first-order valence-corrected chi connectivity index (χ1v) is 8.67. The van der Waals surface area contributed by atoms with Crippen LogP contribution in [0.5, 0.6) is 5.88 Å². The third-order valence-electron chi connectivity index (χ3n) is 3.51. The molecule has 29 heavy (non-hydrogen) atoms. The Bertz CT molecular complexity index is 911. The number of oxime groups is 1. The van der Waals surface area contributed by atoms with E-state index in [0.717, 1.165) is 0 Å². The first kappa shape index (κ1) is 21.5. The van der Waals surface area contributed by atoms with Gasteiger partial charge in [-0.05, 0) is 6.92 Å². The van der Waals surface area contributed by atoms with Crippen molar-refractivity contribution in [2.24, 2.45) is 5.16 Å². The zero-order valence-electron chi connectivity index (χ0n) is 16.3. The molecule has 0 radical (unpaired) electrons. The number of hydrogen-bond acceptors (Lipinski definition) is 9. The Kier molecular flexibility index (Phi) is 8.30. The van der Waals surface area contributed by atoms with E-state index in [2.05, 4.69) is 15.1 Å². The van der Waals surface area contributed by atoms with Crippen molar-refractivity contribution in [2.45, 2.75) is 13.3 Å². The van der Waals surface area contributed by atoms with Crippen LogP contribution in [0.15, 0.2) is 47.9 Å². The van der Waals surface area contributed by atoms with E-state index in [4.69, 9.17) is 19.0 Å². The predicted octanol–water partition coefficient (Wildman–Crippen LogP) is 2.16. The second-order valence-electron chi connectivity index (χ2n) is 5.46. The van der Waals surface area contributed by atoms with Crippen molar-refractivity contribution < 1.29 is 28.6 Å². The monoisotopic (exact) mass is 399 g/mol. The van der Waals surface area contributed by atoms with Crippen molar-refractivity contribution in [3.05, 3.63) is 59.7 Å². The van der Waals surface area contributed by atoms with Crippen molar-refractivity contribution in [1.82, 2.24) is 9.97 Å². The van der Waals surface area contributed by atoms with E-state index in [9.17, 15) is 9.59 Å². The van der Waals surface area contributed by atoms with E-state index < -0.39 is 11.9 Å². The number of hydrogen-bond donors (Lipinski definition) is 0. The third kappa shape index (κ3) is 6.42. The summed E-state index contributed by atoms with van der Waals surface area (Å²) in [5, 5.41) is 3.70. The zero-order valence-corrected chi connectivity index (χ0v) is 16.3. The molecule has 0 bridgehead atoms. The molecule has 1 aromatic carbocycles. The minimum Gasteiger partial charge on any atom is -0.503 e. The van der Waals surface area contributed by atoms with Crippen LogP contribution in [0.1, 0.15) is 23.9 Å². The van der Waals surface area contributed by atoms with Gasteiger partial charge < -0.3 is 19.0 Å². The first-order valence-electron chi connectivity index (χ1n) is 8.67. The smallest absolute Gasteiger partial charge is 0.342 e. The van der Waals surface area contributed by atoms with E-state index in [1.165, 1.54) is 32.9 Å². The third-order valence-corrected chi connectivity index (χ3v) is 3.51. The van der Waals surface area contributed by atoms with E-state index in [1.807, 2.05) is 6.92 Å². The van der Waals surface area contributed by atoms with Crippen LogP contribution in [-0.2, 0) is 30.3 Å². The van der Waals surface area contributed by atoms with E-state index in [0.29, 0.717) is 23.6 Å². The molecular weight excluding hydrogens is 378 g/mol. The second-order valence-corrected chi connectivity index (χ2v) is 5.46. The molecule has 0 aliphatic rings. The number of nitrogens with zero attached hydrogens (tertiary/aromatic N) is 3. The van der Waals surface area contributed by atoms with Gasteiger partial charge in [-0.3, -0.25) is 0 Å². The van der Waals surface area contributed by atoms with Crippen molar-refractivity contribution >= 4 is 23.7 Å². The molecular formula is C20H21N3O6. The van der Waals surface area contributed by atoms with Crippen molar-refractivity contribution in [1.29, 1.82) is 0 Å². The highest BCUT2D eigenvalue weighted by Gasteiger charge is 2.16. The molecule has 0 aliphatic heterocycles. The molecule has 2 rings (SSSR count). The fraction of sp³-hybridized carbons (Fsp3) is 0.250. The van der Waals surface area contributed by atoms with Gasteiger partial charge in [0.15, 0.2) is 0 Å². The molecule has 0 spiro atoms. The number of benzene rings is 1. The normalized spacial score (nSPS) is 11.2. The summed E-state index contributed by atoms with van der Waals surface area (Å²) in [6.45, 7) is 2.28. The second kappa shape index (κ2) is 11.2. The van der Waals surface area contributed by atoms with Gasteiger partial charge in [0.25, 0.3) is 0 Å². The van der Waals surface area contributed by atoms with Gasteiger partial charge in [0, 0.05) is 23.4 Å². The predicted molar refractivity (Wildman–Crippen MR) is 104 cm³/mol. The number of carbonyl (C=O) groups excluding carboxylic acids is 2. The highest BCUT2D eigenvalue weighted by molar-refractivity contribution is 6.18. The Morgan fingerprint density at radius 1 is 1.17 bits per heavy atom. The van der Waals surface area contributed by atoms with Crippen LogP contribution < -0.4 is 4.74 Å². The van der Waals surface area contributed by atoms with Crippen LogP contribution in [0.25, 0.3) is 5.57 Å². The number of methoxy groups -OCH3 is 2. The number of ether oxygens (including phenoxy) is 3. The molecule has 2 aromatic rings. The number of aromatic nitrogens is 2. The lowest BCUT2D eigenvalue weighted by Gasteiger charge is -2.08. The lowest BCUT2D eigenvalue weighted by atomic mass is 10.0. The molecule has 9 nitrogen and oxygen atoms in total. The lowest BCUT2D eigenvalue weighted by molar-refractivity contribution is -0.142. The highest BCUT2D eigenvalue weighted by Crippen LogP contribution is 2.19. The maximum absolute atomic E-state index is 12.0. The van der Waals surface area contributed by atoms with Gasteiger partial charge in [-0.15, -0.1) is 0 Å². The van der Waals surface area contributed by atoms with Gasteiger partial charge in [-0.2, -0.15) is 4.98 Å². The van der Waals surface area contributed by atoms with Crippen LogP contribution in [-0.4, -0.2) is 48.9 Å². The highest BCUT2D eigenvalue weighted by atomic mass is 16.7. The van der Waals surface area contributed by atoms with E-state index >= 15 is 0 Å². The van der Waals surface area contributed by atoms with Gasteiger partial charge in [-0.1, -0.05) is 29.4 Å². The van der Waals surface area contributed by atoms with E-state index in [1.54, 1.807) is 30.3 Å². The van der Waals surface area contributed by atoms with Gasteiger partial charge >= 0.3 is 11.9 Å². The zero-order chi connectivity index (χ0) is 21.1. The minimum absolute atomic E-state index is 0.170. The van der Waals surface area contributed by atoms with Crippen LogP contribution in [0.4, 0.5) is 0 Å². The maximum Gasteiger partial charge on any atom is 0.342 e. The number of esters is 1. The van der Waals surface area contributed by atoms with Gasteiger partial charge in [0.2, 0.25) is 5.88 Å². The fourth-order valence-electron chi connectivity index (χ4n) is 2.30. The van der Waals surface area contributed by atoms with Crippen molar-refractivity contribution in [3.8, 4) is 5.88 Å². The molecule has 0 atom stereocenters. The van der Waals surface area contributed by atoms with Crippen LogP contribution in [0, 0.1) is 0 Å². The average Bonchev–Trinajstić information content (AvgIpc) is 2.72. The SMILES string of the molecule is CCOc1ccnc(CC(=O)O/N=C/c2ccccc2/C(=C\OC)C(=O)OC)n1. The maximum atomic E-state index is 12.0. The van der Waals surface area contributed by atoms with Crippen molar-refractivity contribution in [2.75, 3.05) is 20.8 Å². The topological polar surface area (TPSA) is 109 Å². The Hall–Kier alpha value is -3.75. The molecule has 9 heteroatoms. The molecule has 0 unspecified atom stereocenters. The molecule has 0 amide bonds. The summed E-state index contributed by atoms with van der Waals surface area (Å²) in [5.74, 6) is -0.584. The molecule has 0 fully saturated rings. The van der Waals surface area contributed by atoms with Crippen LogP contribution in [0.3, 0.4) is 0 Å². The lowest BCUT2D eigenvalue weighted by Crippen LogP contribution is -2.09. The molecule has 0 saturated carbocycles. The van der Waals surface area contributed by atoms with Crippen LogP contribution in [0.2, 0.25) is 0 Å². The first-order chi connectivity index (χ1) is 14.1. The standard InChI is InChI=1S/C20H21N3O6/c1-4-28-18-9-10-21-17(23-18)11-19(24)29-22-12-14-7-5-6-8-15(14)16(13-26-2)20(25)27-3/h5-10,12-13H,4,11H2,1-3H3/b16-13+,22-12+. The number of rotatable bonds is 9. The molecule has 0 saturated heterocycles. The molecule has 152 valence electrons. The summed E-state index contributed by atoms with van der Waals surface area (Å²) in [6, 6.07) is 8.49. The average molecular weight is 399 g/mol. The van der Waals surface area contributed by atoms with Gasteiger partial charge in [0.1, 0.15) is 17.8 Å². The Balaban J connectivity index is 2.09. The summed E-state index contributed by atoms with van der Waals surface area (Å²) in [7, 11) is 2.69. The fourth-order valence-corrected chi connectivity index (χ4v) is 2.30. The molecule has 1 aromatic heterocycles. The summed E-state index contributed by atoms with van der Waals surface area (Å²) < 4.78 is 15.0. The minimum atomic E-state index is -0.645.